The first kappa shape index (κ1) is 29.4. The van der Waals surface area contributed by atoms with Crippen LogP contribution in [0.15, 0.2) is 94.3 Å². The summed E-state index contributed by atoms with van der Waals surface area (Å²) in [7, 11) is -4.08. The largest absolute Gasteiger partial charge is 0.352 e. The lowest BCUT2D eigenvalue weighted by atomic mass is 10.1. The van der Waals surface area contributed by atoms with Crippen LogP contribution in [0, 0.1) is 0 Å². The molecule has 0 saturated heterocycles. The molecule has 2 amide bonds. The number of hydrogen-bond acceptors (Lipinski definition) is 4. The standard InChI is InChI=1S/C29H34BrN3O4S/c1-4-22(3)31-29(35)27(5-2)32(20-23-13-8-6-9-14-23)28(34)21-33(25-16-12-15-24(30)19-25)38(36,37)26-17-10-7-11-18-26/h6-19,22,27H,4-5,20-21H2,1-3H3,(H,31,35)/t22-,27+/m0/s1. The molecule has 1 N–H and O–H groups in total. The van der Waals surface area contributed by atoms with Gasteiger partial charge in [-0.2, -0.15) is 0 Å². The molecule has 7 nitrogen and oxygen atoms in total. The lowest BCUT2D eigenvalue weighted by Gasteiger charge is -2.33. The summed E-state index contributed by atoms with van der Waals surface area (Å²) in [5.41, 5.74) is 1.18. The molecule has 3 aromatic rings. The Kier molecular flexibility index (Phi) is 10.5. The summed E-state index contributed by atoms with van der Waals surface area (Å²) >= 11 is 3.41. The predicted octanol–water partition coefficient (Wildman–Crippen LogP) is 5.37. The van der Waals surface area contributed by atoms with Gasteiger partial charge in [-0.15, -0.1) is 0 Å². The number of amides is 2. The topological polar surface area (TPSA) is 86.8 Å². The van der Waals surface area contributed by atoms with Crippen LogP contribution in [0.4, 0.5) is 5.69 Å². The summed E-state index contributed by atoms with van der Waals surface area (Å²) in [6, 6.07) is 23.4. The third-order valence-electron chi connectivity index (χ3n) is 6.29. The Morgan fingerprint density at radius 2 is 1.53 bits per heavy atom. The van der Waals surface area contributed by atoms with Crippen molar-refractivity contribution in [2.75, 3.05) is 10.8 Å². The van der Waals surface area contributed by atoms with Crippen LogP contribution in [0.2, 0.25) is 0 Å². The normalized spacial score (nSPS) is 12.8. The highest BCUT2D eigenvalue weighted by atomic mass is 79.9. The van der Waals surface area contributed by atoms with Crippen molar-refractivity contribution in [1.82, 2.24) is 10.2 Å². The molecule has 2 atom stereocenters. The number of anilines is 1. The third kappa shape index (κ3) is 7.45. The van der Waals surface area contributed by atoms with Crippen LogP contribution in [-0.2, 0) is 26.2 Å². The quantitative estimate of drug-likeness (QED) is 0.303. The van der Waals surface area contributed by atoms with Gasteiger partial charge in [-0.25, -0.2) is 8.42 Å². The van der Waals surface area contributed by atoms with E-state index in [4.69, 9.17) is 0 Å². The number of halogens is 1. The molecule has 0 aliphatic carbocycles. The number of hydrogen-bond donors (Lipinski definition) is 1. The van der Waals surface area contributed by atoms with Crippen LogP contribution < -0.4 is 9.62 Å². The number of nitrogens with zero attached hydrogens (tertiary/aromatic N) is 2. The van der Waals surface area contributed by atoms with Gasteiger partial charge in [-0.3, -0.25) is 13.9 Å². The van der Waals surface area contributed by atoms with Crippen molar-refractivity contribution in [2.24, 2.45) is 0 Å². The summed E-state index contributed by atoms with van der Waals surface area (Å²) in [5.74, 6) is -0.731. The Morgan fingerprint density at radius 3 is 2.11 bits per heavy atom. The zero-order valence-electron chi connectivity index (χ0n) is 21.9. The Balaban J connectivity index is 2.03. The van der Waals surface area contributed by atoms with Gasteiger partial charge in [0.25, 0.3) is 10.0 Å². The Morgan fingerprint density at radius 1 is 0.895 bits per heavy atom. The van der Waals surface area contributed by atoms with E-state index in [2.05, 4.69) is 21.2 Å². The van der Waals surface area contributed by atoms with E-state index in [0.29, 0.717) is 16.6 Å². The second-order valence-corrected chi connectivity index (χ2v) is 11.8. The molecule has 38 heavy (non-hydrogen) atoms. The van der Waals surface area contributed by atoms with E-state index in [9.17, 15) is 18.0 Å². The summed E-state index contributed by atoms with van der Waals surface area (Å²) in [6.45, 7) is 5.44. The summed E-state index contributed by atoms with van der Waals surface area (Å²) < 4.78 is 29.3. The molecule has 0 spiro atoms. The maximum absolute atomic E-state index is 14.0. The zero-order chi connectivity index (χ0) is 27.7. The molecule has 0 fully saturated rings. The average Bonchev–Trinajstić information content (AvgIpc) is 2.92. The van der Waals surface area contributed by atoms with E-state index < -0.39 is 28.5 Å². The number of carbonyl (C=O) groups excluding carboxylic acids is 2. The van der Waals surface area contributed by atoms with Gasteiger partial charge in [0, 0.05) is 17.1 Å². The van der Waals surface area contributed by atoms with Gasteiger partial charge < -0.3 is 10.2 Å². The molecule has 0 saturated carbocycles. The summed E-state index contributed by atoms with van der Waals surface area (Å²) in [4.78, 5) is 28.8. The third-order valence-corrected chi connectivity index (χ3v) is 8.57. The van der Waals surface area contributed by atoms with Crippen LogP contribution in [0.25, 0.3) is 0 Å². The zero-order valence-corrected chi connectivity index (χ0v) is 24.3. The first-order valence-electron chi connectivity index (χ1n) is 12.6. The number of nitrogens with one attached hydrogen (secondary N) is 1. The van der Waals surface area contributed by atoms with E-state index in [0.717, 1.165) is 16.3 Å². The fourth-order valence-corrected chi connectivity index (χ4v) is 5.83. The first-order chi connectivity index (χ1) is 18.2. The highest BCUT2D eigenvalue weighted by molar-refractivity contribution is 9.10. The molecule has 0 unspecified atom stereocenters. The maximum Gasteiger partial charge on any atom is 0.264 e. The molecule has 0 aromatic heterocycles. The molecule has 3 aromatic carbocycles. The Bertz CT molecular complexity index is 1320. The smallest absolute Gasteiger partial charge is 0.264 e. The number of carbonyl (C=O) groups is 2. The van der Waals surface area contributed by atoms with E-state index in [-0.39, 0.29) is 23.4 Å². The van der Waals surface area contributed by atoms with Crippen molar-refractivity contribution in [3.8, 4) is 0 Å². The van der Waals surface area contributed by atoms with Crippen LogP contribution >= 0.6 is 15.9 Å². The van der Waals surface area contributed by atoms with Crippen LogP contribution in [0.3, 0.4) is 0 Å². The van der Waals surface area contributed by atoms with E-state index in [1.54, 1.807) is 42.5 Å². The van der Waals surface area contributed by atoms with Crippen LogP contribution in [-0.4, -0.2) is 43.8 Å². The molecule has 0 heterocycles. The summed E-state index contributed by atoms with van der Waals surface area (Å²) in [6.07, 6.45) is 1.13. The Labute approximate surface area is 234 Å². The molecular formula is C29H34BrN3O4S. The number of benzene rings is 3. The summed E-state index contributed by atoms with van der Waals surface area (Å²) in [5, 5.41) is 2.98. The van der Waals surface area contributed by atoms with Crippen molar-refractivity contribution in [3.63, 3.8) is 0 Å². The van der Waals surface area contributed by atoms with Gasteiger partial charge in [-0.05, 0) is 55.7 Å². The van der Waals surface area contributed by atoms with E-state index >= 15 is 0 Å². The number of rotatable bonds is 12. The average molecular weight is 601 g/mol. The Hall–Kier alpha value is -3.17. The van der Waals surface area contributed by atoms with Crippen LogP contribution in [0.1, 0.15) is 39.2 Å². The minimum Gasteiger partial charge on any atom is -0.352 e. The lowest BCUT2D eigenvalue weighted by molar-refractivity contribution is -0.140. The van der Waals surface area contributed by atoms with Crippen LogP contribution in [0.5, 0.6) is 0 Å². The second kappa shape index (κ2) is 13.6. The predicted molar refractivity (Wildman–Crippen MR) is 154 cm³/mol. The molecular weight excluding hydrogens is 566 g/mol. The highest BCUT2D eigenvalue weighted by Gasteiger charge is 2.34. The second-order valence-electron chi connectivity index (χ2n) is 9.05. The SMILES string of the molecule is CC[C@H](C(=O)N[C@@H](C)CC)N(Cc1ccccc1)C(=O)CN(c1cccc(Br)c1)S(=O)(=O)c1ccccc1. The highest BCUT2D eigenvalue weighted by Crippen LogP contribution is 2.27. The molecule has 0 aliphatic heterocycles. The monoisotopic (exact) mass is 599 g/mol. The van der Waals surface area contributed by atoms with Gasteiger partial charge >= 0.3 is 0 Å². The minimum atomic E-state index is -4.08. The van der Waals surface area contributed by atoms with E-state index in [1.165, 1.54) is 17.0 Å². The number of sulfonamides is 1. The fourth-order valence-electron chi connectivity index (χ4n) is 4.02. The minimum absolute atomic E-state index is 0.0538. The van der Waals surface area contributed by atoms with Crippen molar-refractivity contribution in [1.29, 1.82) is 0 Å². The van der Waals surface area contributed by atoms with Gasteiger partial charge in [0.2, 0.25) is 11.8 Å². The van der Waals surface area contributed by atoms with Gasteiger partial charge in [0.1, 0.15) is 12.6 Å². The molecule has 202 valence electrons. The maximum atomic E-state index is 14.0. The van der Waals surface area contributed by atoms with Crippen molar-refractivity contribution >= 4 is 43.5 Å². The molecule has 3 rings (SSSR count). The van der Waals surface area contributed by atoms with Crippen molar-refractivity contribution < 1.29 is 18.0 Å². The first-order valence-corrected chi connectivity index (χ1v) is 14.9. The molecule has 9 heteroatoms. The van der Waals surface area contributed by atoms with Crippen molar-refractivity contribution in [3.05, 3.63) is 95.0 Å². The van der Waals surface area contributed by atoms with Gasteiger partial charge in [0.05, 0.1) is 10.6 Å². The van der Waals surface area contributed by atoms with Gasteiger partial charge in [0.15, 0.2) is 0 Å². The molecule has 0 bridgehead atoms. The molecule has 0 aliphatic rings. The lowest BCUT2D eigenvalue weighted by Crippen LogP contribution is -2.53. The fraction of sp³-hybridized carbons (Fsp3) is 0.310. The van der Waals surface area contributed by atoms with Gasteiger partial charge in [-0.1, -0.05) is 84.4 Å². The molecule has 0 radical (unpaired) electrons. The van der Waals surface area contributed by atoms with Crippen molar-refractivity contribution in [2.45, 2.75) is 57.1 Å². The van der Waals surface area contributed by atoms with E-state index in [1.807, 2.05) is 51.1 Å².